The molecule has 0 spiro atoms. The highest BCUT2D eigenvalue weighted by atomic mass is 16.2. The Kier molecular flexibility index (Phi) is 5.15. The Labute approximate surface area is 120 Å². The van der Waals surface area contributed by atoms with Crippen molar-refractivity contribution in [1.82, 2.24) is 15.0 Å². The van der Waals surface area contributed by atoms with E-state index in [2.05, 4.69) is 15.0 Å². The van der Waals surface area contributed by atoms with Crippen LogP contribution in [0.1, 0.15) is 13.8 Å². The summed E-state index contributed by atoms with van der Waals surface area (Å²) in [5.74, 6) is 10.6. The molecular formula is C9H18N10O2. The van der Waals surface area contributed by atoms with Gasteiger partial charge >= 0.3 is 12.1 Å². The van der Waals surface area contributed by atoms with Crippen LogP contribution in [-0.4, -0.2) is 40.1 Å². The third-order valence-electron chi connectivity index (χ3n) is 2.55. The summed E-state index contributed by atoms with van der Waals surface area (Å²) >= 11 is 0. The van der Waals surface area contributed by atoms with E-state index in [-0.39, 0.29) is 17.8 Å². The summed E-state index contributed by atoms with van der Waals surface area (Å²) < 4.78 is 0. The number of carbonyl (C=O) groups is 2. The number of hydrazine groups is 2. The zero-order chi connectivity index (χ0) is 16.2. The summed E-state index contributed by atoms with van der Waals surface area (Å²) in [7, 11) is 0. The zero-order valence-corrected chi connectivity index (χ0v) is 11.7. The predicted molar refractivity (Wildman–Crippen MR) is 75.9 cm³/mol. The fraction of sp³-hybridized carbons (Fsp3) is 0.444. The molecule has 0 saturated carbocycles. The van der Waals surface area contributed by atoms with Gasteiger partial charge in [-0.25, -0.2) is 21.3 Å². The van der Waals surface area contributed by atoms with Crippen molar-refractivity contribution in [3.05, 3.63) is 0 Å². The van der Waals surface area contributed by atoms with Gasteiger partial charge in [0.25, 0.3) is 11.9 Å². The van der Waals surface area contributed by atoms with Crippen molar-refractivity contribution in [3.63, 3.8) is 0 Å². The van der Waals surface area contributed by atoms with Crippen LogP contribution in [0.4, 0.5) is 27.4 Å². The van der Waals surface area contributed by atoms with Gasteiger partial charge in [0, 0.05) is 13.1 Å². The molecule has 0 aliphatic heterocycles. The van der Waals surface area contributed by atoms with E-state index in [0.717, 1.165) is 0 Å². The number of amides is 4. The van der Waals surface area contributed by atoms with Crippen molar-refractivity contribution in [1.29, 1.82) is 0 Å². The number of nitrogens with zero attached hydrogens (tertiary/aromatic N) is 6. The normalized spacial score (nSPS) is 10.1. The number of hydrogen-bond donors (Lipinski definition) is 4. The molecule has 12 heteroatoms. The van der Waals surface area contributed by atoms with Crippen LogP contribution in [0.2, 0.25) is 0 Å². The minimum atomic E-state index is -0.986. The molecule has 1 aromatic heterocycles. The first kappa shape index (κ1) is 16.3. The molecule has 0 atom stereocenters. The second-order valence-electron chi connectivity index (χ2n) is 3.82. The maximum atomic E-state index is 11.1. The number of rotatable bonds is 5. The number of hydrogen-bond acceptors (Lipinski definition) is 8. The first-order valence-corrected chi connectivity index (χ1v) is 6.01. The number of primary amides is 2. The van der Waals surface area contributed by atoms with Gasteiger partial charge in [0.05, 0.1) is 0 Å². The lowest BCUT2D eigenvalue weighted by atomic mass is 10.5. The molecule has 12 nitrogen and oxygen atoms in total. The fourth-order valence-corrected chi connectivity index (χ4v) is 1.40. The molecular weight excluding hydrogens is 280 g/mol. The fourth-order valence-electron chi connectivity index (χ4n) is 1.40. The largest absolute Gasteiger partial charge is 0.350 e. The van der Waals surface area contributed by atoms with E-state index < -0.39 is 12.1 Å². The quantitative estimate of drug-likeness (QED) is 0.279. The van der Waals surface area contributed by atoms with Crippen molar-refractivity contribution >= 4 is 29.9 Å². The summed E-state index contributed by atoms with van der Waals surface area (Å²) in [5.41, 5.74) is 10.1. The molecule has 0 aromatic carbocycles. The number of anilines is 3. The Morgan fingerprint density at radius 3 is 1.48 bits per heavy atom. The molecule has 0 radical (unpaired) electrons. The van der Waals surface area contributed by atoms with Crippen molar-refractivity contribution in [2.75, 3.05) is 28.0 Å². The molecule has 0 saturated heterocycles. The highest BCUT2D eigenvalue weighted by molar-refractivity contribution is 5.89. The highest BCUT2D eigenvalue weighted by Crippen LogP contribution is 2.16. The van der Waals surface area contributed by atoms with E-state index in [4.69, 9.17) is 23.2 Å². The van der Waals surface area contributed by atoms with E-state index in [1.54, 1.807) is 4.90 Å². The van der Waals surface area contributed by atoms with Gasteiger partial charge in [0.15, 0.2) is 0 Å². The van der Waals surface area contributed by atoms with Crippen LogP contribution < -0.4 is 38.1 Å². The van der Waals surface area contributed by atoms with Crippen LogP contribution in [0.25, 0.3) is 0 Å². The maximum absolute atomic E-state index is 11.1. The van der Waals surface area contributed by atoms with Gasteiger partial charge < -0.3 is 16.4 Å². The molecule has 21 heavy (non-hydrogen) atoms. The minimum absolute atomic E-state index is 0.174. The van der Waals surface area contributed by atoms with Crippen molar-refractivity contribution in [2.45, 2.75) is 13.8 Å². The Balaban J connectivity index is 3.38. The van der Waals surface area contributed by atoms with Crippen molar-refractivity contribution in [3.8, 4) is 0 Å². The number of carbonyl (C=O) groups excluding carboxylic acids is 2. The average molecular weight is 298 g/mol. The van der Waals surface area contributed by atoms with Crippen LogP contribution in [-0.2, 0) is 0 Å². The third-order valence-corrected chi connectivity index (χ3v) is 2.55. The van der Waals surface area contributed by atoms with E-state index in [1.807, 2.05) is 13.8 Å². The van der Waals surface area contributed by atoms with Crippen LogP contribution >= 0.6 is 0 Å². The minimum Gasteiger partial charge on any atom is -0.350 e. The van der Waals surface area contributed by atoms with Gasteiger partial charge in [-0.15, -0.1) is 0 Å². The van der Waals surface area contributed by atoms with Gasteiger partial charge in [-0.05, 0) is 13.8 Å². The molecule has 0 aliphatic carbocycles. The van der Waals surface area contributed by atoms with Crippen LogP contribution in [0.15, 0.2) is 0 Å². The lowest BCUT2D eigenvalue weighted by Gasteiger charge is -2.22. The monoisotopic (exact) mass is 298 g/mol. The Morgan fingerprint density at radius 2 is 1.19 bits per heavy atom. The summed E-state index contributed by atoms with van der Waals surface area (Å²) in [6.45, 7) is 4.88. The van der Waals surface area contributed by atoms with E-state index in [1.165, 1.54) is 0 Å². The molecule has 0 unspecified atom stereocenters. The van der Waals surface area contributed by atoms with Gasteiger partial charge in [-0.2, -0.15) is 25.0 Å². The van der Waals surface area contributed by atoms with Gasteiger partial charge in [-0.3, -0.25) is 0 Å². The maximum Gasteiger partial charge on any atom is 0.336 e. The number of urea groups is 2. The number of nitrogens with two attached hydrogens (primary N) is 4. The molecule has 1 aromatic rings. The average Bonchev–Trinajstić information content (AvgIpc) is 2.46. The second kappa shape index (κ2) is 6.62. The first-order valence-electron chi connectivity index (χ1n) is 6.01. The molecule has 0 fully saturated rings. The third kappa shape index (κ3) is 3.64. The molecule has 116 valence electrons. The topological polar surface area (TPSA) is 187 Å². The lowest BCUT2D eigenvalue weighted by molar-refractivity contribution is 0.253. The molecule has 0 bridgehead atoms. The first-order chi connectivity index (χ1) is 9.81. The van der Waals surface area contributed by atoms with Crippen LogP contribution in [0.5, 0.6) is 0 Å². The number of aromatic nitrogens is 3. The molecule has 8 N–H and O–H groups in total. The van der Waals surface area contributed by atoms with E-state index in [9.17, 15) is 9.59 Å². The smallest absolute Gasteiger partial charge is 0.336 e. The molecule has 1 heterocycles. The van der Waals surface area contributed by atoms with Gasteiger partial charge in [-0.1, -0.05) is 0 Å². The summed E-state index contributed by atoms with van der Waals surface area (Å²) in [6.07, 6.45) is 0. The summed E-state index contributed by atoms with van der Waals surface area (Å²) in [5, 5.41) is 1.01. The van der Waals surface area contributed by atoms with E-state index in [0.29, 0.717) is 23.1 Å². The SMILES string of the molecule is CCN(CC)c1nc(N(N)C(N)=O)nc(N(N)C(N)=O)n1. The molecule has 1 rings (SSSR count). The van der Waals surface area contributed by atoms with Crippen LogP contribution in [0.3, 0.4) is 0 Å². The summed E-state index contributed by atoms with van der Waals surface area (Å²) in [6, 6.07) is -1.97. The lowest BCUT2D eigenvalue weighted by Crippen LogP contribution is -2.45. The van der Waals surface area contributed by atoms with Gasteiger partial charge in [0.2, 0.25) is 5.95 Å². The van der Waals surface area contributed by atoms with Gasteiger partial charge in [0.1, 0.15) is 0 Å². The molecule has 0 aliphatic rings. The Morgan fingerprint density at radius 1 is 0.857 bits per heavy atom. The van der Waals surface area contributed by atoms with Crippen molar-refractivity contribution < 1.29 is 9.59 Å². The Bertz CT molecular complexity index is 493. The van der Waals surface area contributed by atoms with Crippen LogP contribution in [0, 0.1) is 0 Å². The predicted octanol–water partition coefficient (Wildman–Crippen LogP) is -1.76. The second-order valence-corrected chi connectivity index (χ2v) is 3.82. The van der Waals surface area contributed by atoms with E-state index >= 15 is 0 Å². The summed E-state index contributed by atoms with van der Waals surface area (Å²) in [4.78, 5) is 35.7. The molecule has 4 amide bonds. The highest BCUT2D eigenvalue weighted by Gasteiger charge is 2.20. The van der Waals surface area contributed by atoms with Crippen molar-refractivity contribution in [2.24, 2.45) is 23.2 Å². The standard InChI is InChI=1S/C9H18N10O2/c1-3-17(4-2)7-14-8(18(12)5(10)20)16-9(15-7)19(13)6(11)21/h3-4,12-13H2,1-2H3,(H2,10,20)(H2,11,21). The zero-order valence-electron chi connectivity index (χ0n) is 11.7. The Hall–Kier alpha value is -2.73.